The summed E-state index contributed by atoms with van der Waals surface area (Å²) in [7, 11) is 0. The van der Waals surface area contributed by atoms with Crippen LogP contribution < -0.4 is 10.1 Å². The lowest BCUT2D eigenvalue weighted by Gasteiger charge is -2.11. The zero-order valence-corrected chi connectivity index (χ0v) is 13.1. The van der Waals surface area contributed by atoms with Crippen LogP contribution in [0.3, 0.4) is 0 Å². The highest BCUT2D eigenvalue weighted by molar-refractivity contribution is 5.71. The lowest BCUT2D eigenvalue weighted by atomic mass is 10.2. The van der Waals surface area contributed by atoms with Gasteiger partial charge in [-0.1, -0.05) is 13.8 Å². The van der Waals surface area contributed by atoms with E-state index in [2.05, 4.69) is 19.2 Å². The summed E-state index contributed by atoms with van der Waals surface area (Å²) in [5.41, 5.74) is 0.780. The zero-order valence-electron chi connectivity index (χ0n) is 13.1. The van der Waals surface area contributed by atoms with E-state index in [0.717, 1.165) is 12.1 Å². The van der Waals surface area contributed by atoms with Crippen molar-refractivity contribution >= 4 is 5.97 Å². The number of hydrogen-bond donors (Lipinski definition) is 1. The van der Waals surface area contributed by atoms with E-state index in [1.54, 1.807) is 19.9 Å². The number of ether oxygens (including phenoxy) is 2. The Morgan fingerprint density at radius 3 is 2.57 bits per heavy atom. The lowest BCUT2D eigenvalue weighted by Crippen LogP contribution is -2.20. The second-order valence-corrected chi connectivity index (χ2v) is 5.65. The molecule has 0 aromatic heterocycles. The predicted molar refractivity (Wildman–Crippen MR) is 79.7 cm³/mol. The van der Waals surface area contributed by atoms with Crippen LogP contribution in [-0.2, 0) is 16.1 Å². The van der Waals surface area contributed by atoms with Crippen LogP contribution in [0, 0.1) is 11.7 Å². The summed E-state index contributed by atoms with van der Waals surface area (Å²) in [4.78, 5) is 11.4. The summed E-state index contributed by atoms with van der Waals surface area (Å²) in [5, 5.41) is 3.23. The first-order valence-electron chi connectivity index (χ1n) is 7.19. The van der Waals surface area contributed by atoms with Gasteiger partial charge in [0.15, 0.2) is 6.61 Å². The van der Waals surface area contributed by atoms with Crippen LogP contribution in [0.5, 0.6) is 5.75 Å². The molecule has 0 aliphatic rings. The maximum atomic E-state index is 13.5. The third kappa shape index (κ3) is 7.66. The molecule has 5 heteroatoms. The maximum absolute atomic E-state index is 13.5. The van der Waals surface area contributed by atoms with Crippen LogP contribution in [0.1, 0.15) is 33.3 Å². The minimum Gasteiger partial charge on any atom is -0.482 e. The Hall–Kier alpha value is -1.62. The number of carbonyl (C=O) groups is 1. The van der Waals surface area contributed by atoms with Crippen LogP contribution in [0.4, 0.5) is 4.39 Å². The second kappa shape index (κ2) is 8.62. The molecule has 0 aliphatic carbocycles. The van der Waals surface area contributed by atoms with Gasteiger partial charge in [0.25, 0.3) is 0 Å². The summed E-state index contributed by atoms with van der Waals surface area (Å²) in [5.74, 6) is 0.0111. The van der Waals surface area contributed by atoms with E-state index in [-0.39, 0.29) is 18.5 Å². The van der Waals surface area contributed by atoms with Gasteiger partial charge in [-0.25, -0.2) is 9.18 Å². The van der Waals surface area contributed by atoms with Crippen molar-refractivity contribution in [3.05, 3.63) is 29.6 Å². The molecule has 0 fully saturated rings. The first kappa shape index (κ1) is 17.4. The molecule has 0 amide bonds. The highest BCUT2D eigenvalue weighted by atomic mass is 19.1. The van der Waals surface area contributed by atoms with E-state index < -0.39 is 5.97 Å². The molecular weight excluding hydrogens is 273 g/mol. The minimum atomic E-state index is -0.464. The molecule has 1 aromatic carbocycles. The molecule has 0 aliphatic heterocycles. The highest BCUT2D eigenvalue weighted by Gasteiger charge is 2.08. The minimum absolute atomic E-state index is 0.190. The van der Waals surface area contributed by atoms with Gasteiger partial charge in [-0.2, -0.15) is 0 Å². The van der Waals surface area contributed by atoms with Crippen molar-refractivity contribution < 1.29 is 18.7 Å². The summed E-state index contributed by atoms with van der Waals surface area (Å²) >= 11 is 0. The first-order chi connectivity index (χ1) is 9.86. The predicted octanol–water partition coefficient (Wildman–Crippen LogP) is 2.90. The fourth-order valence-electron chi connectivity index (χ4n) is 1.75. The van der Waals surface area contributed by atoms with Crippen molar-refractivity contribution in [1.82, 2.24) is 5.32 Å². The van der Waals surface area contributed by atoms with Gasteiger partial charge in [0.2, 0.25) is 0 Å². The van der Waals surface area contributed by atoms with E-state index in [1.807, 2.05) is 0 Å². The Morgan fingerprint density at radius 1 is 1.24 bits per heavy atom. The fraction of sp³-hybridized carbons (Fsp3) is 0.562. The monoisotopic (exact) mass is 297 g/mol. The third-order valence-corrected chi connectivity index (χ3v) is 2.54. The molecular formula is C16H24FNO3. The van der Waals surface area contributed by atoms with Gasteiger partial charge >= 0.3 is 5.97 Å². The standard InChI is InChI=1S/C16H24FNO3/c1-11(2)8-18-9-13-5-14(17)7-15(6-13)20-10-16(19)21-12(3)4/h5-7,11-12,18H,8-10H2,1-4H3. The number of rotatable bonds is 8. The van der Waals surface area contributed by atoms with E-state index in [9.17, 15) is 9.18 Å². The molecule has 21 heavy (non-hydrogen) atoms. The molecule has 1 rings (SSSR count). The molecule has 0 atom stereocenters. The molecule has 0 heterocycles. The van der Waals surface area contributed by atoms with Crippen molar-refractivity contribution in [2.24, 2.45) is 5.92 Å². The largest absolute Gasteiger partial charge is 0.482 e. The highest BCUT2D eigenvalue weighted by Crippen LogP contribution is 2.16. The first-order valence-corrected chi connectivity index (χ1v) is 7.19. The van der Waals surface area contributed by atoms with Gasteiger partial charge in [-0.15, -0.1) is 0 Å². The lowest BCUT2D eigenvalue weighted by molar-refractivity contribution is -0.149. The SMILES string of the molecule is CC(C)CNCc1cc(F)cc(OCC(=O)OC(C)C)c1. The average molecular weight is 297 g/mol. The molecule has 4 nitrogen and oxygen atoms in total. The smallest absolute Gasteiger partial charge is 0.344 e. The molecule has 1 aromatic rings. The summed E-state index contributed by atoms with van der Waals surface area (Å²) in [6.07, 6.45) is -0.190. The van der Waals surface area contributed by atoms with Gasteiger partial charge in [-0.05, 0) is 44.0 Å². The Morgan fingerprint density at radius 2 is 1.95 bits per heavy atom. The Bertz CT molecular complexity index is 461. The normalized spacial score (nSPS) is 11.0. The zero-order chi connectivity index (χ0) is 15.8. The van der Waals surface area contributed by atoms with E-state index in [1.165, 1.54) is 12.1 Å². The molecule has 1 N–H and O–H groups in total. The number of esters is 1. The quantitative estimate of drug-likeness (QED) is 0.750. The van der Waals surface area contributed by atoms with Gasteiger partial charge in [0.05, 0.1) is 6.10 Å². The molecule has 0 unspecified atom stereocenters. The van der Waals surface area contributed by atoms with Crippen molar-refractivity contribution in [1.29, 1.82) is 0 Å². The van der Waals surface area contributed by atoms with Crippen LogP contribution in [-0.4, -0.2) is 25.2 Å². The topological polar surface area (TPSA) is 47.6 Å². The van der Waals surface area contributed by atoms with Gasteiger partial charge < -0.3 is 14.8 Å². The Kier molecular flexibility index (Phi) is 7.15. The summed E-state index contributed by atoms with van der Waals surface area (Å²) in [6.45, 7) is 8.93. The van der Waals surface area contributed by atoms with Crippen LogP contribution >= 0.6 is 0 Å². The number of carbonyl (C=O) groups excluding carboxylic acids is 1. The number of benzene rings is 1. The maximum Gasteiger partial charge on any atom is 0.344 e. The van der Waals surface area contributed by atoms with Crippen LogP contribution in [0.15, 0.2) is 18.2 Å². The molecule has 0 saturated carbocycles. The molecule has 0 radical (unpaired) electrons. The molecule has 0 bridgehead atoms. The van der Waals surface area contributed by atoms with E-state index >= 15 is 0 Å². The number of hydrogen-bond acceptors (Lipinski definition) is 4. The van der Waals surface area contributed by atoms with Crippen molar-refractivity contribution in [3.63, 3.8) is 0 Å². The van der Waals surface area contributed by atoms with Crippen molar-refractivity contribution in [2.45, 2.75) is 40.3 Å². The van der Waals surface area contributed by atoms with E-state index in [4.69, 9.17) is 9.47 Å². The van der Waals surface area contributed by atoms with Gasteiger partial charge in [-0.3, -0.25) is 0 Å². The summed E-state index contributed by atoms with van der Waals surface area (Å²) in [6, 6.07) is 4.43. The van der Waals surface area contributed by atoms with E-state index in [0.29, 0.717) is 18.2 Å². The number of nitrogens with one attached hydrogen (secondary N) is 1. The molecule has 118 valence electrons. The summed E-state index contributed by atoms with van der Waals surface area (Å²) < 4.78 is 23.8. The van der Waals surface area contributed by atoms with Gasteiger partial charge in [0.1, 0.15) is 11.6 Å². The Balaban J connectivity index is 2.54. The third-order valence-electron chi connectivity index (χ3n) is 2.54. The second-order valence-electron chi connectivity index (χ2n) is 5.65. The average Bonchev–Trinajstić information content (AvgIpc) is 2.34. The van der Waals surface area contributed by atoms with Crippen molar-refractivity contribution in [3.8, 4) is 5.75 Å². The fourth-order valence-corrected chi connectivity index (χ4v) is 1.75. The molecule has 0 spiro atoms. The van der Waals surface area contributed by atoms with Crippen LogP contribution in [0.25, 0.3) is 0 Å². The van der Waals surface area contributed by atoms with Crippen molar-refractivity contribution in [2.75, 3.05) is 13.2 Å². The Labute approximate surface area is 125 Å². The van der Waals surface area contributed by atoms with Gasteiger partial charge in [0, 0.05) is 12.6 Å². The number of halogens is 1. The molecule has 0 saturated heterocycles. The van der Waals surface area contributed by atoms with Crippen LogP contribution in [0.2, 0.25) is 0 Å².